The van der Waals surface area contributed by atoms with E-state index in [-0.39, 0.29) is 0 Å². The molecule has 0 spiro atoms. The lowest BCUT2D eigenvalue weighted by atomic mass is 10.0. The van der Waals surface area contributed by atoms with Crippen LogP contribution in [-0.4, -0.2) is 13.1 Å². The van der Waals surface area contributed by atoms with Crippen LogP contribution in [-0.2, 0) is 12.8 Å². The minimum atomic E-state index is 1.13. The van der Waals surface area contributed by atoms with Crippen LogP contribution in [0.5, 0.6) is 0 Å². The van der Waals surface area contributed by atoms with E-state index in [0.29, 0.717) is 0 Å². The van der Waals surface area contributed by atoms with Crippen LogP contribution in [0.4, 0.5) is 0 Å². The van der Waals surface area contributed by atoms with E-state index >= 15 is 0 Å². The summed E-state index contributed by atoms with van der Waals surface area (Å²) in [6.45, 7) is 4.44. The Hall–Kier alpha value is -0.820. The van der Waals surface area contributed by atoms with Gasteiger partial charge < -0.3 is 5.32 Å². The highest BCUT2D eigenvalue weighted by Gasteiger charge is 2.05. The summed E-state index contributed by atoms with van der Waals surface area (Å²) in [6, 6.07) is 6.81. The van der Waals surface area contributed by atoms with Gasteiger partial charge in [0.2, 0.25) is 0 Å². The molecule has 0 atom stereocenters. The van der Waals surface area contributed by atoms with Gasteiger partial charge in [0, 0.05) is 0 Å². The number of rotatable bonds is 0. The van der Waals surface area contributed by atoms with Crippen LogP contribution < -0.4 is 5.32 Å². The average Bonchev–Trinajstić information content (AvgIpc) is 2.28. The van der Waals surface area contributed by atoms with Gasteiger partial charge in [-0.25, -0.2) is 0 Å². The Bertz CT molecular complexity index is 278. The van der Waals surface area contributed by atoms with E-state index in [2.05, 4.69) is 30.4 Å². The summed E-state index contributed by atoms with van der Waals surface area (Å²) in [5.41, 5.74) is 4.46. The molecule has 0 amide bonds. The second-order valence-electron chi connectivity index (χ2n) is 3.52. The summed E-state index contributed by atoms with van der Waals surface area (Å²) < 4.78 is 0. The van der Waals surface area contributed by atoms with Gasteiger partial charge in [0.1, 0.15) is 0 Å². The van der Waals surface area contributed by atoms with Crippen molar-refractivity contribution in [3.05, 3.63) is 34.9 Å². The summed E-state index contributed by atoms with van der Waals surface area (Å²) in [7, 11) is 0. The Kier molecular flexibility index (Phi) is 2.13. The summed E-state index contributed by atoms with van der Waals surface area (Å²) >= 11 is 0. The van der Waals surface area contributed by atoms with E-state index in [1.54, 1.807) is 5.56 Å². The van der Waals surface area contributed by atoms with Crippen molar-refractivity contribution in [3.63, 3.8) is 0 Å². The molecule has 2 rings (SSSR count). The molecule has 0 aliphatic carbocycles. The molecule has 0 saturated carbocycles. The minimum Gasteiger partial charge on any atom is -0.316 e. The highest BCUT2D eigenvalue weighted by molar-refractivity contribution is 5.32. The smallest absolute Gasteiger partial charge is 0.000812 e. The molecule has 0 unspecified atom stereocenters. The second-order valence-corrected chi connectivity index (χ2v) is 3.52. The van der Waals surface area contributed by atoms with Crippen molar-refractivity contribution >= 4 is 0 Å². The first-order valence-electron chi connectivity index (χ1n) is 4.65. The molecular formula is C11H15N. The van der Waals surface area contributed by atoms with Gasteiger partial charge >= 0.3 is 0 Å². The highest BCUT2D eigenvalue weighted by atomic mass is 14.8. The zero-order valence-corrected chi connectivity index (χ0v) is 7.56. The summed E-state index contributed by atoms with van der Waals surface area (Å²) in [5, 5.41) is 3.41. The molecule has 0 aromatic heterocycles. The van der Waals surface area contributed by atoms with Gasteiger partial charge in [-0.1, -0.05) is 23.8 Å². The first-order valence-corrected chi connectivity index (χ1v) is 4.65. The van der Waals surface area contributed by atoms with Crippen LogP contribution in [0.1, 0.15) is 16.7 Å². The topological polar surface area (TPSA) is 12.0 Å². The standard InChI is InChI=1S/C11H15N/c1-9-2-3-10-4-6-12-7-5-11(10)8-9/h2-3,8,12H,4-7H2,1H3. The van der Waals surface area contributed by atoms with E-state index in [0.717, 1.165) is 13.1 Å². The van der Waals surface area contributed by atoms with Crippen LogP contribution in [0.15, 0.2) is 18.2 Å². The van der Waals surface area contributed by atoms with Gasteiger partial charge in [0.15, 0.2) is 0 Å². The summed E-state index contributed by atoms with van der Waals surface area (Å²) in [6.07, 6.45) is 2.38. The molecule has 1 heterocycles. The predicted octanol–water partition coefficient (Wildman–Crippen LogP) is 1.68. The zero-order valence-electron chi connectivity index (χ0n) is 7.56. The van der Waals surface area contributed by atoms with Gasteiger partial charge in [0.05, 0.1) is 0 Å². The highest BCUT2D eigenvalue weighted by Crippen LogP contribution is 2.14. The molecule has 1 nitrogen and oxygen atoms in total. The average molecular weight is 161 g/mol. The minimum absolute atomic E-state index is 1.13. The Morgan fingerprint density at radius 1 is 1.08 bits per heavy atom. The SMILES string of the molecule is Cc1ccc2c(c1)CCNCC2. The number of aryl methyl sites for hydroxylation is 1. The first-order chi connectivity index (χ1) is 5.86. The summed E-state index contributed by atoms with van der Waals surface area (Å²) in [4.78, 5) is 0. The number of benzene rings is 1. The van der Waals surface area contributed by atoms with Gasteiger partial charge in [-0.3, -0.25) is 0 Å². The van der Waals surface area contributed by atoms with E-state index in [1.807, 2.05) is 0 Å². The van der Waals surface area contributed by atoms with Crippen molar-refractivity contribution in [1.29, 1.82) is 0 Å². The molecule has 1 N–H and O–H groups in total. The zero-order chi connectivity index (χ0) is 8.39. The maximum absolute atomic E-state index is 3.41. The molecule has 0 bridgehead atoms. The fourth-order valence-electron chi connectivity index (χ4n) is 1.80. The largest absolute Gasteiger partial charge is 0.316 e. The Morgan fingerprint density at radius 2 is 1.83 bits per heavy atom. The number of hydrogen-bond acceptors (Lipinski definition) is 1. The quantitative estimate of drug-likeness (QED) is 0.610. The van der Waals surface area contributed by atoms with Gasteiger partial charge in [-0.05, 0) is 44.0 Å². The maximum atomic E-state index is 3.41. The number of hydrogen-bond donors (Lipinski definition) is 1. The van der Waals surface area contributed by atoms with Crippen molar-refractivity contribution in [1.82, 2.24) is 5.32 Å². The third-order valence-electron chi connectivity index (χ3n) is 2.50. The molecule has 12 heavy (non-hydrogen) atoms. The normalized spacial score (nSPS) is 16.8. The fourth-order valence-corrected chi connectivity index (χ4v) is 1.80. The van der Waals surface area contributed by atoms with Crippen LogP contribution in [0.3, 0.4) is 0 Å². The molecule has 1 aromatic carbocycles. The third kappa shape index (κ3) is 1.51. The monoisotopic (exact) mass is 161 g/mol. The number of nitrogens with one attached hydrogen (secondary N) is 1. The lowest BCUT2D eigenvalue weighted by molar-refractivity contribution is 0.711. The van der Waals surface area contributed by atoms with Gasteiger partial charge in [0.25, 0.3) is 0 Å². The van der Waals surface area contributed by atoms with Crippen molar-refractivity contribution in [2.24, 2.45) is 0 Å². The van der Waals surface area contributed by atoms with E-state index in [9.17, 15) is 0 Å². The molecule has 64 valence electrons. The van der Waals surface area contributed by atoms with Gasteiger partial charge in [-0.2, -0.15) is 0 Å². The van der Waals surface area contributed by atoms with Crippen LogP contribution >= 0.6 is 0 Å². The predicted molar refractivity (Wildman–Crippen MR) is 51.5 cm³/mol. The Morgan fingerprint density at radius 3 is 2.67 bits per heavy atom. The molecule has 0 radical (unpaired) electrons. The molecule has 1 heteroatoms. The molecule has 0 saturated heterocycles. The molecular weight excluding hydrogens is 146 g/mol. The van der Waals surface area contributed by atoms with Crippen molar-refractivity contribution in [3.8, 4) is 0 Å². The van der Waals surface area contributed by atoms with Crippen molar-refractivity contribution in [2.75, 3.05) is 13.1 Å². The van der Waals surface area contributed by atoms with E-state index < -0.39 is 0 Å². The van der Waals surface area contributed by atoms with Crippen molar-refractivity contribution in [2.45, 2.75) is 19.8 Å². The lowest BCUT2D eigenvalue weighted by Gasteiger charge is -2.04. The lowest BCUT2D eigenvalue weighted by Crippen LogP contribution is -2.16. The maximum Gasteiger partial charge on any atom is -0.000812 e. The first kappa shape index (κ1) is 7.81. The third-order valence-corrected chi connectivity index (χ3v) is 2.50. The summed E-state index contributed by atoms with van der Waals surface area (Å²) in [5.74, 6) is 0. The number of fused-ring (bicyclic) bond motifs is 1. The molecule has 1 aliphatic heterocycles. The molecule has 0 fully saturated rings. The molecule has 1 aliphatic rings. The molecule has 1 aromatic rings. The Balaban J connectivity index is 2.36. The second kappa shape index (κ2) is 3.28. The fraction of sp³-hybridized carbons (Fsp3) is 0.455. The van der Waals surface area contributed by atoms with Crippen LogP contribution in [0, 0.1) is 6.92 Å². The van der Waals surface area contributed by atoms with Gasteiger partial charge in [-0.15, -0.1) is 0 Å². The van der Waals surface area contributed by atoms with Crippen molar-refractivity contribution < 1.29 is 0 Å². The Labute approximate surface area is 73.8 Å². The van der Waals surface area contributed by atoms with E-state index in [4.69, 9.17) is 0 Å². The van der Waals surface area contributed by atoms with E-state index in [1.165, 1.54) is 24.0 Å². The van der Waals surface area contributed by atoms with Crippen LogP contribution in [0.2, 0.25) is 0 Å². The van der Waals surface area contributed by atoms with Crippen LogP contribution in [0.25, 0.3) is 0 Å².